The molecule has 0 atom stereocenters. The van der Waals surface area contributed by atoms with Crippen molar-refractivity contribution in [3.63, 3.8) is 0 Å². The van der Waals surface area contributed by atoms with Gasteiger partial charge < -0.3 is 5.73 Å². The number of benzene rings is 2. The largest absolute Gasteiger partial charge is 0.398 e. The molecule has 4 heteroatoms. The average Bonchev–Trinajstić information content (AvgIpc) is 2.34. The third-order valence-corrected chi connectivity index (χ3v) is 3.51. The Morgan fingerprint density at radius 1 is 1.22 bits per heavy atom. The van der Waals surface area contributed by atoms with Gasteiger partial charge in [-0.2, -0.15) is 0 Å². The summed E-state index contributed by atoms with van der Waals surface area (Å²) in [6.07, 6.45) is 0. The zero-order valence-electron chi connectivity index (χ0n) is 9.81. The molecule has 0 bridgehead atoms. The van der Waals surface area contributed by atoms with E-state index in [-0.39, 0.29) is 11.6 Å². The van der Waals surface area contributed by atoms with Crippen LogP contribution in [-0.4, -0.2) is 5.78 Å². The van der Waals surface area contributed by atoms with Gasteiger partial charge in [0.2, 0.25) is 0 Å². The molecule has 0 saturated heterocycles. The minimum atomic E-state index is -0.274. The van der Waals surface area contributed by atoms with E-state index in [1.54, 1.807) is 36.4 Å². The normalized spacial score (nSPS) is 10.3. The Balaban J connectivity index is 2.33. The van der Waals surface area contributed by atoms with Crippen LogP contribution in [0.5, 0.6) is 0 Å². The summed E-state index contributed by atoms with van der Waals surface area (Å²) in [7, 11) is 0. The Morgan fingerprint density at radius 2 is 1.94 bits per heavy atom. The zero-order chi connectivity index (χ0) is 13.1. The molecule has 0 spiro atoms. The van der Waals surface area contributed by atoms with E-state index < -0.39 is 0 Å². The maximum Gasteiger partial charge on any atom is 0.161 e. The van der Waals surface area contributed by atoms with Crippen molar-refractivity contribution in [1.29, 1.82) is 0 Å². The van der Waals surface area contributed by atoms with Crippen molar-refractivity contribution >= 4 is 23.2 Å². The summed E-state index contributed by atoms with van der Waals surface area (Å²) in [5, 5.41) is 0. The van der Waals surface area contributed by atoms with Gasteiger partial charge in [0, 0.05) is 21.0 Å². The van der Waals surface area contributed by atoms with E-state index in [4.69, 9.17) is 5.73 Å². The Hall–Kier alpha value is -1.81. The third-order valence-electron chi connectivity index (χ3n) is 2.47. The summed E-state index contributed by atoms with van der Waals surface area (Å²) < 4.78 is 13.5. The fourth-order valence-electron chi connectivity index (χ4n) is 1.56. The van der Waals surface area contributed by atoms with Gasteiger partial charge in [-0.3, -0.25) is 4.79 Å². The van der Waals surface area contributed by atoms with Crippen LogP contribution in [0.2, 0.25) is 0 Å². The number of ketones is 1. The number of nitrogen functional groups attached to an aromatic ring is 1. The van der Waals surface area contributed by atoms with Crippen LogP contribution in [0.4, 0.5) is 10.1 Å². The highest BCUT2D eigenvalue weighted by molar-refractivity contribution is 7.99. The monoisotopic (exact) mass is 261 g/mol. The fraction of sp³-hybridized carbons (Fsp3) is 0.0714. The fourth-order valence-corrected chi connectivity index (χ4v) is 2.44. The van der Waals surface area contributed by atoms with E-state index in [0.717, 1.165) is 4.90 Å². The topological polar surface area (TPSA) is 43.1 Å². The minimum Gasteiger partial charge on any atom is -0.398 e. The van der Waals surface area contributed by atoms with E-state index in [1.165, 1.54) is 24.8 Å². The summed E-state index contributed by atoms with van der Waals surface area (Å²) in [6, 6.07) is 11.7. The van der Waals surface area contributed by atoms with Crippen molar-refractivity contribution in [3.8, 4) is 0 Å². The molecule has 92 valence electrons. The van der Waals surface area contributed by atoms with Crippen molar-refractivity contribution < 1.29 is 9.18 Å². The molecule has 0 radical (unpaired) electrons. The molecule has 0 amide bonds. The molecule has 18 heavy (non-hydrogen) atoms. The molecule has 2 N–H and O–H groups in total. The molecule has 0 aliphatic rings. The number of carbonyl (C=O) groups is 1. The standard InChI is InChI=1S/C14H12FNOS/c1-9(17)11-8-10(6-7-13(11)16)18-14-5-3-2-4-12(14)15/h2-8H,16H2,1H3. The molecule has 0 heterocycles. The molecule has 0 aliphatic carbocycles. The molecular formula is C14H12FNOS. The SMILES string of the molecule is CC(=O)c1cc(Sc2ccccc2F)ccc1N. The molecule has 2 rings (SSSR count). The van der Waals surface area contributed by atoms with Gasteiger partial charge in [-0.25, -0.2) is 4.39 Å². The maximum atomic E-state index is 13.5. The first-order valence-electron chi connectivity index (χ1n) is 5.41. The van der Waals surface area contributed by atoms with Gasteiger partial charge >= 0.3 is 0 Å². The van der Waals surface area contributed by atoms with Crippen LogP contribution in [0.3, 0.4) is 0 Å². The van der Waals surface area contributed by atoms with E-state index >= 15 is 0 Å². The van der Waals surface area contributed by atoms with Crippen LogP contribution in [0.15, 0.2) is 52.3 Å². The van der Waals surface area contributed by atoms with Gasteiger partial charge in [-0.05, 0) is 37.3 Å². The summed E-state index contributed by atoms with van der Waals surface area (Å²) in [5.41, 5.74) is 6.62. The number of halogens is 1. The van der Waals surface area contributed by atoms with Gasteiger partial charge in [0.25, 0.3) is 0 Å². The number of hydrogen-bond donors (Lipinski definition) is 1. The lowest BCUT2D eigenvalue weighted by molar-refractivity contribution is 0.101. The van der Waals surface area contributed by atoms with Crippen molar-refractivity contribution in [2.75, 3.05) is 5.73 Å². The van der Waals surface area contributed by atoms with Crippen LogP contribution >= 0.6 is 11.8 Å². The molecule has 0 unspecified atom stereocenters. The first-order valence-corrected chi connectivity index (χ1v) is 6.22. The highest BCUT2D eigenvalue weighted by atomic mass is 32.2. The summed E-state index contributed by atoms with van der Waals surface area (Å²) >= 11 is 1.27. The van der Waals surface area contributed by atoms with Crippen LogP contribution < -0.4 is 5.73 Å². The van der Waals surface area contributed by atoms with Gasteiger partial charge in [0.1, 0.15) is 5.82 Å². The second-order valence-electron chi connectivity index (χ2n) is 3.84. The molecule has 0 aliphatic heterocycles. The average molecular weight is 261 g/mol. The zero-order valence-corrected chi connectivity index (χ0v) is 10.6. The summed E-state index contributed by atoms with van der Waals surface area (Å²) in [5.74, 6) is -0.368. The maximum absolute atomic E-state index is 13.5. The summed E-state index contributed by atoms with van der Waals surface area (Å²) in [6.45, 7) is 1.46. The Labute approximate surface area is 109 Å². The number of carbonyl (C=O) groups excluding carboxylic acids is 1. The number of Topliss-reactive ketones (excluding diaryl/α,β-unsaturated/α-hetero) is 1. The first-order chi connectivity index (χ1) is 8.58. The quantitative estimate of drug-likeness (QED) is 0.675. The first kappa shape index (κ1) is 12.6. The summed E-state index contributed by atoms with van der Waals surface area (Å²) in [4.78, 5) is 12.7. The molecule has 0 fully saturated rings. The third kappa shape index (κ3) is 2.71. The smallest absolute Gasteiger partial charge is 0.161 e. The van der Waals surface area contributed by atoms with E-state index in [1.807, 2.05) is 0 Å². The second-order valence-corrected chi connectivity index (χ2v) is 4.95. The predicted octanol–water partition coefficient (Wildman–Crippen LogP) is 3.76. The second kappa shape index (κ2) is 5.23. The Morgan fingerprint density at radius 3 is 2.61 bits per heavy atom. The van der Waals surface area contributed by atoms with Crippen LogP contribution in [-0.2, 0) is 0 Å². The highest BCUT2D eigenvalue weighted by Gasteiger charge is 2.08. The molecule has 2 aromatic carbocycles. The molecule has 0 aromatic heterocycles. The van der Waals surface area contributed by atoms with Crippen LogP contribution in [0.25, 0.3) is 0 Å². The van der Waals surface area contributed by atoms with Crippen LogP contribution in [0, 0.1) is 5.82 Å². The van der Waals surface area contributed by atoms with Gasteiger partial charge in [-0.1, -0.05) is 23.9 Å². The number of anilines is 1. The lowest BCUT2D eigenvalue weighted by Gasteiger charge is -2.06. The molecule has 2 aromatic rings. The van der Waals surface area contributed by atoms with E-state index in [0.29, 0.717) is 16.1 Å². The Kier molecular flexibility index (Phi) is 3.67. The molecule has 0 saturated carbocycles. The van der Waals surface area contributed by atoms with Crippen molar-refractivity contribution in [1.82, 2.24) is 0 Å². The van der Waals surface area contributed by atoms with Crippen LogP contribution in [0.1, 0.15) is 17.3 Å². The van der Waals surface area contributed by atoms with Gasteiger partial charge in [-0.15, -0.1) is 0 Å². The number of nitrogens with two attached hydrogens (primary N) is 1. The van der Waals surface area contributed by atoms with Crippen molar-refractivity contribution in [2.24, 2.45) is 0 Å². The van der Waals surface area contributed by atoms with E-state index in [2.05, 4.69) is 0 Å². The number of rotatable bonds is 3. The molecular weight excluding hydrogens is 249 g/mol. The lowest BCUT2D eigenvalue weighted by Crippen LogP contribution is -1.99. The van der Waals surface area contributed by atoms with E-state index in [9.17, 15) is 9.18 Å². The van der Waals surface area contributed by atoms with Crippen molar-refractivity contribution in [2.45, 2.75) is 16.7 Å². The lowest BCUT2D eigenvalue weighted by atomic mass is 10.1. The molecule has 2 nitrogen and oxygen atoms in total. The Bertz CT molecular complexity index is 598. The predicted molar refractivity (Wildman–Crippen MR) is 71.4 cm³/mol. The highest BCUT2D eigenvalue weighted by Crippen LogP contribution is 2.31. The minimum absolute atomic E-state index is 0.0940. The number of hydrogen-bond acceptors (Lipinski definition) is 3. The van der Waals surface area contributed by atoms with Gasteiger partial charge in [0.15, 0.2) is 5.78 Å². The van der Waals surface area contributed by atoms with Crippen molar-refractivity contribution in [3.05, 3.63) is 53.8 Å². The van der Waals surface area contributed by atoms with Gasteiger partial charge in [0.05, 0.1) is 0 Å².